The highest BCUT2D eigenvalue weighted by atomic mass is 16.5. The van der Waals surface area contributed by atoms with Crippen molar-refractivity contribution in [2.75, 3.05) is 13.7 Å². The van der Waals surface area contributed by atoms with E-state index in [0.29, 0.717) is 6.54 Å². The average molecular weight is 334 g/mol. The molecule has 1 amide bonds. The molecule has 2 N–H and O–H groups in total. The molecule has 0 aliphatic heterocycles. The maximum absolute atomic E-state index is 12.1. The zero-order valence-corrected chi connectivity index (χ0v) is 14.3. The van der Waals surface area contributed by atoms with Gasteiger partial charge in [-0.25, -0.2) is 0 Å². The first-order valence-electron chi connectivity index (χ1n) is 8.74. The lowest BCUT2D eigenvalue weighted by atomic mass is 9.90. The molecular weight excluding hydrogens is 312 g/mol. The molecule has 0 saturated heterocycles. The van der Waals surface area contributed by atoms with Gasteiger partial charge in [0.25, 0.3) is 0 Å². The van der Waals surface area contributed by atoms with E-state index >= 15 is 0 Å². The quantitative estimate of drug-likeness (QED) is 0.720. The molecule has 4 heteroatoms. The van der Waals surface area contributed by atoms with Gasteiger partial charge in [-0.2, -0.15) is 0 Å². The standard InChI is InChI=1S/C21H22N2O2/c1-25-16-10-8-14(9-11-16)18(12-23-21(24)15-6-7-15)19-13-22-20-5-3-2-4-17(19)20/h2-5,8-11,13,15,18,22H,6-7,12H2,1H3,(H,23,24). The van der Waals surface area contributed by atoms with E-state index < -0.39 is 0 Å². The summed E-state index contributed by atoms with van der Waals surface area (Å²) in [5.41, 5.74) is 3.49. The van der Waals surface area contributed by atoms with E-state index in [-0.39, 0.29) is 17.7 Å². The lowest BCUT2D eigenvalue weighted by molar-refractivity contribution is -0.122. The molecule has 1 fully saturated rings. The van der Waals surface area contributed by atoms with Crippen LogP contribution in [0.3, 0.4) is 0 Å². The van der Waals surface area contributed by atoms with Gasteiger partial charge in [0.2, 0.25) is 5.91 Å². The number of nitrogens with one attached hydrogen (secondary N) is 2. The summed E-state index contributed by atoms with van der Waals surface area (Å²) in [5.74, 6) is 1.34. The van der Waals surface area contributed by atoms with Crippen LogP contribution in [0.25, 0.3) is 10.9 Å². The van der Waals surface area contributed by atoms with Crippen molar-refractivity contribution in [2.24, 2.45) is 5.92 Å². The number of carbonyl (C=O) groups excluding carboxylic acids is 1. The molecule has 0 spiro atoms. The van der Waals surface area contributed by atoms with E-state index in [0.717, 1.165) is 24.1 Å². The molecule has 4 nitrogen and oxygen atoms in total. The molecule has 2 aromatic carbocycles. The minimum Gasteiger partial charge on any atom is -0.497 e. The molecule has 1 saturated carbocycles. The number of para-hydroxylation sites is 1. The molecule has 1 heterocycles. The Bertz CT molecular complexity index is 878. The summed E-state index contributed by atoms with van der Waals surface area (Å²) in [6, 6.07) is 16.4. The second-order valence-electron chi connectivity index (χ2n) is 6.63. The number of hydrogen-bond donors (Lipinski definition) is 2. The van der Waals surface area contributed by atoms with Crippen molar-refractivity contribution in [1.29, 1.82) is 0 Å². The molecule has 1 aliphatic rings. The summed E-state index contributed by atoms with van der Waals surface area (Å²) < 4.78 is 5.27. The number of fused-ring (bicyclic) bond motifs is 1. The van der Waals surface area contributed by atoms with Gasteiger partial charge >= 0.3 is 0 Å². The second kappa shape index (κ2) is 6.63. The summed E-state index contributed by atoms with van der Waals surface area (Å²) in [5, 5.41) is 4.34. The highest BCUT2D eigenvalue weighted by Gasteiger charge is 2.30. The number of carbonyl (C=O) groups is 1. The minimum atomic E-state index is 0.102. The summed E-state index contributed by atoms with van der Waals surface area (Å²) >= 11 is 0. The molecule has 1 unspecified atom stereocenters. The van der Waals surface area contributed by atoms with Gasteiger partial charge in [-0.15, -0.1) is 0 Å². The minimum absolute atomic E-state index is 0.102. The number of amides is 1. The van der Waals surface area contributed by atoms with Crippen molar-refractivity contribution in [1.82, 2.24) is 10.3 Å². The van der Waals surface area contributed by atoms with Gasteiger partial charge in [-0.05, 0) is 42.2 Å². The maximum atomic E-state index is 12.1. The highest BCUT2D eigenvalue weighted by Crippen LogP contribution is 2.32. The van der Waals surface area contributed by atoms with Crippen LogP contribution in [0.4, 0.5) is 0 Å². The van der Waals surface area contributed by atoms with Crippen LogP contribution in [0, 0.1) is 5.92 Å². The Balaban J connectivity index is 1.67. The summed E-state index contributed by atoms with van der Waals surface area (Å²) in [6.45, 7) is 0.601. The maximum Gasteiger partial charge on any atom is 0.223 e. The normalized spacial score (nSPS) is 15.1. The molecule has 0 bridgehead atoms. The summed E-state index contributed by atoms with van der Waals surface area (Å²) in [4.78, 5) is 15.5. The van der Waals surface area contributed by atoms with Crippen LogP contribution in [0.2, 0.25) is 0 Å². The lowest BCUT2D eigenvalue weighted by Crippen LogP contribution is -2.30. The van der Waals surface area contributed by atoms with Crippen molar-refractivity contribution in [2.45, 2.75) is 18.8 Å². The fourth-order valence-electron chi connectivity index (χ4n) is 3.32. The number of ether oxygens (including phenoxy) is 1. The van der Waals surface area contributed by atoms with E-state index in [1.807, 2.05) is 24.3 Å². The van der Waals surface area contributed by atoms with Gasteiger partial charge in [0, 0.05) is 35.5 Å². The third kappa shape index (κ3) is 3.25. The van der Waals surface area contributed by atoms with Crippen LogP contribution in [0.15, 0.2) is 54.7 Å². The van der Waals surface area contributed by atoms with E-state index in [1.54, 1.807) is 7.11 Å². The third-order valence-electron chi connectivity index (χ3n) is 4.94. The molecule has 1 aliphatic carbocycles. The van der Waals surface area contributed by atoms with Crippen molar-refractivity contribution in [3.63, 3.8) is 0 Å². The Kier molecular flexibility index (Phi) is 4.18. The molecule has 4 rings (SSSR count). The van der Waals surface area contributed by atoms with Gasteiger partial charge in [0.1, 0.15) is 5.75 Å². The number of aromatic amines is 1. The predicted octanol–water partition coefficient (Wildman–Crippen LogP) is 3.83. The Morgan fingerprint density at radius 2 is 1.96 bits per heavy atom. The smallest absolute Gasteiger partial charge is 0.223 e. The van der Waals surface area contributed by atoms with Crippen molar-refractivity contribution in [3.8, 4) is 5.75 Å². The molecular formula is C21H22N2O2. The lowest BCUT2D eigenvalue weighted by Gasteiger charge is -2.18. The van der Waals surface area contributed by atoms with Crippen LogP contribution in [-0.4, -0.2) is 24.5 Å². The Labute approximate surface area is 147 Å². The zero-order valence-electron chi connectivity index (χ0n) is 14.3. The first kappa shape index (κ1) is 15.8. The molecule has 1 aromatic heterocycles. The van der Waals surface area contributed by atoms with Crippen LogP contribution in [-0.2, 0) is 4.79 Å². The summed E-state index contributed by atoms with van der Waals surface area (Å²) in [7, 11) is 1.67. The number of benzene rings is 2. The van der Waals surface area contributed by atoms with Crippen LogP contribution in [0.1, 0.15) is 29.9 Å². The molecule has 3 aromatic rings. The number of H-pyrrole nitrogens is 1. The van der Waals surface area contributed by atoms with E-state index in [9.17, 15) is 4.79 Å². The first-order chi connectivity index (χ1) is 12.3. The fourth-order valence-corrected chi connectivity index (χ4v) is 3.32. The van der Waals surface area contributed by atoms with Gasteiger partial charge in [0.15, 0.2) is 0 Å². The first-order valence-corrected chi connectivity index (χ1v) is 8.74. The van der Waals surface area contributed by atoms with Crippen LogP contribution in [0.5, 0.6) is 5.75 Å². The predicted molar refractivity (Wildman–Crippen MR) is 98.9 cm³/mol. The summed E-state index contributed by atoms with van der Waals surface area (Å²) in [6.07, 6.45) is 4.10. The number of hydrogen-bond acceptors (Lipinski definition) is 2. The zero-order chi connectivity index (χ0) is 17.2. The topological polar surface area (TPSA) is 54.1 Å². The van der Waals surface area contributed by atoms with Gasteiger partial charge in [0.05, 0.1) is 7.11 Å². The fraction of sp³-hybridized carbons (Fsp3) is 0.286. The van der Waals surface area contributed by atoms with Crippen molar-refractivity contribution in [3.05, 3.63) is 65.9 Å². The van der Waals surface area contributed by atoms with Crippen molar-refractivity contribution >= 4 is 16.8 Å². The Morgan fingerprint density at radius 1 is 1.20 bits per heavy atom. The van der Waals surface area contributed by atoms with E-state index in [4.69, 9.17) is 4.74 Å². The van der Waals surface area contributed by atoms with Gasteiger partial charge < -0.3 is 15.0 Å². The highest BCUT2D eigenvalue weighted by molar-refractivity contribution is 5.85. The van der Waals surface area contributed by atoms with E-state index in [2.05, 4.69) is 40.8 Å². The molecule has 128 valence electrons. The van der Waals surface area contributed by atoms with Gasteiger partial charge in [-0.1, -0.05) is 30.3 Å². The van der Waals surface area contributed by atoms with Gasteiger partial charge in [-0.3, -0.25) is 4.79 Å². The molecule has 1 atom stereocenters. The molecule has 25 heavy (non-hydrogen) atoms. The number of rotatable bonds is 6. The second-order valence-corrected chi connectivity index (χ2v) is 6.63. The monoisotopic (exact) mass is 334 g/mol. The van der Waals surface area contributed by atoms with Crippen LogP contribution < -0.4 is 10.1 Å². The molecule has 0 radical (unpaired) electrons. The average Bonchev–Trinajstić information content (AvgIpc) is 3.43. The Hall–Kier alpha value is -2.75. The number of methoxy groups -OCH3 is 1. The van der Waals surface area contributed by atoms with E-state index in [1.165, 1.54) is 16.5 Å². The number of aromatic nitrogens is 1. The van der Waals surface area contributed by atoms with Crippen molar-refractivity contribution < 1.29 is 9.53 Å². The Morgan fingerprint density at radius 3 is 2.68 bits per heavy atom. The SMILES string of the molecule is COc1ccc(C(CNC(=O)C2CC2)c2c[nH]c3ccccc23)cc1. The van der Waals surface area contributed by atoms with Crippen LogP contribution >= 0.6 is 0 Å². The third-order valence-corrected chi connectivity index (χ3v) is 4.94. The largest absolute Gasteiger partial charge is 0.497 e.